The Hall–Kier alpha value is -0.770. The first kappa shape index (κ1) is 12.3. The predicted molar refractivity (Wildman–Crippen MR) is 55.6 cm³/mol. The lowest BCUT2D eigenvalue weighted by Gasteiger charge is -2.26. The topological polar surface area (TPSA) is 55.8 Å². The fraction of sp³-hybridized carbons (Fsp3) is 0.909. The highest BCUT2D eigenvalue weighted by Crippen LogP contribution is 2.31. The van der Waals surface area contributed by atoms with Crippen LogP contribution in [-0.4, -0.2) is 28.6 Å². The summed E-state index contributed by atoms with van der Waals surface area (Å²) in [6, 6.07) is 0. The van der Waals surface area contributed by atoms with Crippen molar-refractivity contribution in [1.82, 2.24) is 0 Å². The lowest BCUT2D eigenvalue weighted by atomic mass is 9.90. The molecule has 4 heteroatoms. The van der Waals surface area contributed by atoms with Crippen molar-refractivity contribution in [2.24, 2.45) is 0 Å². The van der Waals surface area contributed by atoms with Crippen LogP contribution in [0, 0.1) is 0 Å². The van der Waals surface area contributed by atoms with Crippen LogP contribution < -0.4 is 0 Å². The van der Waals surface area contributed by atoms with E-state index >= 15 is 0 Å². The van der Waals surface area contributed by atoms with Gasteiger partial charge in [-0.2, -0.15) is 0 Å². The Balaban J connectivity index is 2.49. The van der Waals surface area contributed by atoms with Gasteiger partial charge in [0.15, 0.2) is 0 Å². The van der Waals surface area contributed by atoms with Gasteiger partial charge in [-0.15, -0.1) is 0 Å². The highest BCUT2D eigenvalue weighted by Gasteiger charge is 2.44. The fourth-order valence-corrected chi connectivity index (χ4v) is 1.59. The molecule has 0 radical (unpaired) electrons. The average molecular weight is 216 g/mol. The monoisotopic (exact) mass is 216 g/mol. The van der Waals surface area contributed by atoms with Gasteiger partial charge in [-0.25, -0.2) is 4.79 Å². The van der Waals surface area contributed by atoms with E-state index in [9.17, 15) is 9.90 Å². The van der Waals surface area contributed by atoms with Gasteiger partial charge < -0.3 is 14.6 Å². The third-order valence-electron chi connectivity index (χ3n) is 3.07. The molecule has 0 aromatic heterocycles. The summed E-state index contributed by atoms with van der Waals surface area (Å²) >= 11 is 0. The number of ether oxygens (including phenoxy) is 2. The van der Waals surface area contributed by atoms with Gasteiger partial charge >= 0.3 is 6.16 Å². The molecule has 1 aliphatic rings. The predicted octanol–water partition coefficient (Wildman–Crippen LogP) is 2.24. The van der Waals surface area contributed by atoms with Crippen molar-refractivity contribution in [3.8, 4) is 0 Å². The molecule has 1 fully saturated rings. The zero-order chi connectivity index (χ0) is 11.7. The number of hydrogen-bond acceptors (Lipinski definition) is 4. The molecular formula is C11H20O4. The lowest BCUT2D eigenvalue weighted by molar-refractivity contribution is 0.0138. The van der Waals surface area contributed by atoms with Crippen LogP contribution in [0.2, 0.25) is 0 Å². The third-order valence-corrected chi connectivity index (χ3v) is 3.07. The van der Waals surface area contributed by atoms with E-state index in [-0.39, 0.29) is 6.10 Å². The maximum atomic E-state index is 11.0. The van der Waals surface area contributed by atoms with E-state index in [4.69, 9.17) is 9.47 Å². The first-order chi connectivity index (χ1) is 6.77. The summed E-state index contributed by atoms with van der Waals surface area (Å²) < 4.78 is 10.1. The Morgan fingerprint density at radius 3 is 2.53 bits per heavy atom. The second-order valence-corrected chi connectivity index (χ2v) is 4.95. The Bertz CT molecular complexity index is 245. The summed E-state index contributed by atoms with van der Waals surface area (Å²) in [5, 5.41) is 9.84. The molecular weight excluding hydrogens is 196 g/mol. The first-order valence-corrected chi connectivity index (χ1v) is 5.39. The Labute approximate surface area is 90.6 Å². The molecule has 0 aromatic rings. The fourth-order valence-electron chi connectivity index (χ4n) is 1.59. The summed E-state index contributed by atoms with van der Waals surface area (Å²) in [6.45, 7) is 7.37. The summed E-state index contributed by atoms with van der Waals surface area (Å²) in [4.78, 5) is 11.0. The zero-order valence-electron chi connectivity index (χ0n) is 9.87. The van der Waals surface area contributed by atoms with E-state index < -0.39 is 17.4 Å². The molecule has 1 heterocycles. The van der Waals surface area contributed by atoms with Crippen molar-refractivity contribution in [2.45, 2.75) is 64.3 Å². The van der Waals surface area contributed by atoms with Gasteiger partial charge in [-0.05, 0) is 40.0 Å². The molecule has 0 spiro atoms. The molecule has 0 unspecified atom stereocenters. The molecule has 2 atom stereocenters. The molecule has 4 nitrogen and oxygen atoms in total. The second kappa shape index (κ2) is 4.00. The van der Waals surface area contributed by atoms with Crippen molar-refractivity contribution in [3.63, 3.8) is 0 Å². The quantitative estimate of drug-likeness (QED) is 0.732. The van der Waals surface area contributed by atoms with Crippen LogP contribution in [-0.2, 0) is 9.47 Å². The maximum Gasteiger partial charge on any atom is 0.509 e. The zero-order valence-corrected chi connectivity index (χ0v) is 9.87. The van der Waals surface area contributed by atoms with E-state index in [0.29, 0.717) is 19.3 Å². The van der Waals surface area contributed by atoms with Crippen molar-refractivity contribution < 1.29 is 19.4 Å². The van der Waals surface area contributed by atoms with Crippen molar-refractivity contribution >= 4 is 6.16 Å². The van der Waals surface area contributed by atoms with Crippen molar-refractivity contribution in [1.29, 1.82) is 0 Å². The number of hydrogen-bond donors (Lipinski definition) is 1. The smallest absolute Gasteiger partial charge is 0.427 e. The molecule has 1 aliphatic heterocycles. The van der Waals surface area contributed by atoms with Gasteiger partial charge in [0.25, 0.3) is 0 Å². The van der Waals surface area contributed by atoms with Gasteiger partial charge in [-0.3, -0.25) is 0 Å². The van der Waals surface area contributed by atoms with E-state index in [2.05, 4.69) is 0 Å². The standard InChI is InChI=1S/C11H20O4/c1-5-11(4,13)7-6-8-10(2,3)15-9(12)14-8/h8,13H,5-7H2,1-4H3/t8-,11+/m1/s1. The second-order valence-electron chi connectivity index (χ2n) is 4.95. The van der Waals surface area contributed by atoms with Crippen LogP contribution >= 0.6 is 0 Å². The van der Waals surface area contributed by atoms with Crippen molar-refractivity contribution in [3.05, 3.63) is 0 Å². The molecule has 15 heavy (non-hydrogen) atoms. The van der Waals surface area contributed by atoms with E-state index in [1.54, 1.807) is 6.92 Å². The van der Waals surface area contributed by atoms with E-state index in [0.717, 1.165) is 0 Å². The number of cyclic esters (lactones) is 2. The normalized spacial score (nSPS) is 28.1. The molecule has 0 amide bonds. The Kier molecular flexibility index (Phi) is 3.28. The molecule has 0 aliphatic carbocycles. The van der Waals surface area contributed by atoms with Crippen LogP contribution in [0.5, 0.6) is 0 Å². The maximum absolute atomic E-state index is 11.0. The van der Waals surface area contributed by atoms with Crippen LogP contribution in [0.15, 0.2) is 0 Å². The molecule has 1 N–H and O–H groups in total. The van der Waals surface area contributed by atoms with Gasteiger partial charge in [0, 0.05) is 0 Å². The van der Waals surface area contributed by atoms with Gasteiger partial charge in [0.2, 0.25) is 0 Å². The minimum Gasteiger partial charge on any atom is -0.427 e. The number of carbonyl (C=O) groups is 1. The highest BCUT2D eigenvalue weighted by molar-refractivity contribution is 5.63. The molecule has 1 saturated heterocycles. The van der Waals surface area contributed by atoms with Crippen LogP contribution in [0.25, 0.3) is 0 Å². The molecule has 0 aromatic carbocycles. The van der Waals surface area contributed by atoms with Crippen LogP contribution in [0.4, 0.5) is 4.79 Å². The number of rotatable bonds is 4. The Morgan fingerprint density at radius 2 is 2.13 bits per heavy atom. The van der Waals surface area contributed by atoms with E-state index in [1.165, 1.54) is 0 Å². The molecule has 0 saturated carbocycles. The first-order valence-electron chi connectivity index (χ1n) is 5.39. The summed E-state index contributed by atoms with van der Waals surface area (Å²) in [5.41, 5.74) is -1.27. The minimum atomic E-state index is -0.689. The SMILES string of the molecule is CC[C@](C)(O)CC[C@H]1OC(=O)OC1(C)C. The lowest BCUT2D eigenvalue weighted by Crippen LogP contribution is -2.35. The van der Waals surface area contributed by atoms with E-state index in [1.807, 2.05) is 20.8 Å². The average Bonchev–Trinajstić information content (AvgIpc) is 2.36. The molecule has 88 valence electrons. The summed E-state index contributed by atoms with van der Waals surface area (Å²) in [5.74, 6) is 0. The van der Waals surface area contributed by atoms with Gasteiger partial charge in [-0.1, -0.05) is 6.92 Å². The summed E-state index contributed by atoms with van der Waals surface area (Å²) in [7, 11) is 0. The largest absolute Gasteiger partial charge is 0.509 e. The number of aliphatic hydroxyl groups is 1. The highest BCUT2D eigenvalue weighted by atomic mass is 16.8. The van der Waals surface area contributed by atoms with Crippen molar-refractivity contribution in [2.75, 3.05) is 0 Å². The third kappa shape index (κ3) is 3.09. The molecule has 1 rings (SSSR count). The van der Waals surface area contributed by atoms with Gasteiger partial charge in [0.05, 0.1) is 5.60 Å². The Morgan fingerprint density at radius 1 is 1.53 bits per heavy atom. The van der Waals surface area contributed by atoms with Crippen LogP contribution in [0.1, 0.15) is 47.0 Å². The summed E-state index contributed by atoms with van der Waals surface area (Å²) in [6.07, 6.45) is 1.05. The van der Waals surface area contributed by atoms with Gasteiger partial charge in [0.1, 0.15) is 11.7 Å². The number of carbonyl (C=O) groups excluding carboxylic acids is 1. The molecule has 0 bridgehead atoms. The van der Waals surface area contributed by atoms with Crippen LogP contribution in [0.3, 0.4) is 0 Å². The minimum absolute atomic E-state index is 0.261.